The molecule has 40 heavy (non-hydrogen) atoms. The number of thiazole rings is 1. The van der Waals surface area contributed by atoms with Crippen molar-refractivity contribution in [3.63, 3.8) is 0 Å². The molecule has 0 amide bonds. The molecule has 4 aromatic rings. The summed E-state index contributed by atoms with van der Waals surface area (Å²) in [5.41, 5.74) is 9.53. The molecule has 7 nitrogen and oxygen atoms in total. The molecule has 0 saturated heterocycles. The summed E-state index contributed by atoms with van der Waals surface area (Å²) in [6.45, 7) is 5.62. The molecule has 1 aromatic heterocycles. The molecular weight excluding hydrogens is 544 g/mol. The van der Waals surface area contributed by atoms with Gasteiger partial charge in [-0.25, -0.2) is 13.2 Å². The van der Waals surface area contributed by atoms with Crippen molar-refractivity contribution in [2.75, 3.05) is 6.61 Å². The number of fused-ring (bicyclic) bond motifs is 1. The Morgan fingerprint density at radius 3 is 2.17 bits per heavy atom. The van der Waals surface area contributed by atoms with Crippen molar-refractivity contribution in [2.24, 2.45) is 5.73 Å². The molecule has 3 aromatic carbocycles. The zero-order chi connectivity index (χ0) is 28.6. The van der Waals surface area contributed by atoms with Crippen molar-refractivity contribution in [3.8, 4) is 0 Å². The molecule has 1 atom stereocenters. The molecule has 1 aliphatic heterocycles. The predicted molar refractivity (Wildman–Crippen MR) is 158 cm³/mol. The lowest BCUT2D eigenvalue weighted by atomic mass is 9.89. The van der Waals surface area contributed by atoms with Gasteiger partial charge in [0.05, 0.1) is 27.5 Å². The first-order chi connectivity index (χ1) is 19.1. The zero-order valence-corrected chi connectivity index (χ0v) is 23.9. The number of hydrogen-bond donors (Lipinski definition) is 1. The summed E-state index contributed by atoms with van der Waals surface area (Å²) >= 11 is 1.09. The number of aryl methyl sites for hydroxylation is 2. The summed E-state index contributed by atoms with van der Waals surface area (Å²) in [4.78, 5) is 27.2. The summed E-state index contributed by atoms with van der Waals surface area (Å²) in [6.07, 6.45) is 1.71. The molecule has 0 radical (unpaired) electrons. The van der Waals surface area contributed by atoms with Gasteiger partial charge in [-0.15, -0.1) is 11.3 Å². The van der Waals surface area contributed by atoms with Crippen molar-refractivity contribution in [2.45, 2.75) is 31.6 Å². The number of esters is 1. The predicted octanol–water partition coefficient (Wildman–Crippen LogP) is 3.43. The minimum Gasteiger partial charge on any atom is -0.463 e. The van der Waals surface area contributed by atoms with Gasteiger partial charge in [0.25, 0.3) is 5.56 Å². The Morgan fingerprint density at radius 1 is 0.975 bits per heavy atom. The summed E-state index contributed by atoms with van der Waals surface area (Å²) < 4.78 is 35.5. The van der Waals surface area contributed by atoms with E-state index < -0.39 is 27.3 Å². The van der Waals surface area contributed by atoms with Gasteiger partial charge in [0, 0.05) is 0 Å². The molecule has 0 aliphatic carbocycles. The second kappa shape index (κ2) is 10.7. The SMILES string of the molecule is CCOC(=O)C1=c2sc(=Cc3ccc(C)cc3)c(=O)n2C(N)=C(S(=O)(=O)c2ccccc2)[C@H]1c1ccc(C)cc1. The lowest BCUT2D eigenvalue weighted by Gasteiger charge is -2.28. The Morgan fingerprint density at radius 2 is 1.57 bits per heavy atom. The highest BCUT2D eigenvalue weighted by molar-refractivity contribution is 7.95. The van der Waals surface area contributed by atoms with E-state index in [0.717, 1.165) is 32.6 Å². The van der Waals surface area contributed by atoms with Crippen molar-refractivity contribution < 1.29 is 17.9 Å². The number of rotatable bonds is 6. The van der Waals surface area contributed by atoms with E-state index in [4.69, 9.17) is 10.5 Å². The Hall–Kier alpha value is -4.21. The fourth-order valence-corrected chi connectivity index (χ4v) is 7.58. The van der Waals surface area contributed by atoms with Crippen LogP contribution in [0.3, 0.4) is 0 Å². The highest BCUT2D eigenvalue weighted by Crippen LogP contribution is 2.42. The van der Waals surface area contributed by atoms with Crippen LogP contribution in [0.1, 0.15) is 35.1 Å². The van der Waals surface area contributed by atoms with E-state index in [2.05, 4.69) is 0 Å². The number of ether oxygens (including phenoxy) is 1. The molecule has 0 spiro atoms. The van der Waals surface area contributed by atoms with Crippen LogP contribution in [0.4, 0.5) is 0 Å². The van der Waals surface area contributed by atoms with Crippen LogP contribution in [0.5, 0.6) is 0 Å². The van der Waals surface area contributed by atoms with Gasteiger partial charge >= 0.3 is 5.97 Å². The number of nitrogens with two attached hydrogens (primary N) is 1. The van der Waals surface area contributed by atoms with Crippen LogP contribution < -0.4 is 20.5 Å². The number of benzene rings is 3. The third-order valence-corrected chi connectivity index (χ3v) is 9.75. The molecule has 5 rings (SSSR count). The average Bonchev–Trinajstić information content (AvgIpc) is 3.26. The van der Waals surface area contributed by atoms with Crippen LogP contribution in [0.2, 0.25) is 0 Å². The maximum Gasteiger partial charge on any atom is 0.338 e. The van der Waals surface area contributed by atoms with E-state index in [1.54, 1.807) is 43.3 Å². The lowest BCUT2D eigenvalue weighted by Crippen LogP contribution is -2.41. The first kappa shape index (κ1) is 27.4. The third-order valence-electron chi connectivity index (χ3n) is 6.72. The first-order valence-corrected chi connectivity index (χ1v) is 15.0. The first-order valence-electron chi connectivity index (χ1n) is 12.7. The molecule has 0 bridgehead atoms. The fourth-order valence-electron chi connectivity index (χ4n) is 4.72. The van der Waals surface area contributed by atoms with Crippen LogP contribution >= 0.6 is 11.3 Å². The molecule has 2 N–H and O–H groups in total. The standard InChI is InChI=1S/C31H28N2O5S2/c1-4-38-31(35)26-25(22-16-12-20(3)13-17-22)27(40(36,37)23-8-6-5-7-9-23)28(32)33-29(34)24(39-30(26)33)18-21-14-10-19(2)11-15-21/h5-18,25H,4,32H2,1-3H3/t25-/m0/s1. The quantitative estimate of drug-likeness (QED) is 0.355. The molecule has 204 valence electrons. The Kier molecular flexibility index (Phi) is 7.35. The van der Waals surface area contributed by atoms with Crippen LogP contribution in [-0.4, -0.2) is 25.6 Å². The van der Waals surface area contributed by atoms with E-state index in [0.29, 0.717) is 10.1 Å². The maximum absolute atomic E-state index is 14.2. The van der Waals surface area contributed by atoms with Gasteiger partial charge in [-0.3, -0.25) is 9.36 Å². The van der Waals surface area contributed by atoms with Gasteiger partial charge in [0.1, 0.15) is 15.4 Å². The van der Waals surface area contributed by atoms with Crippen molar-refractivity contribution in [3.05, 3.63) is 126 Å². The summed E-state index contributed by atoms with van der Waals surface area (Å²) in [7, 11) is -4.25. The minimum atomic E-state index is -4.25. The number of hydrogen-bond acceptors (Lipinski definition) is 7. The van der Waals surface area contributed by atoms with E-state index in [1.165, 1.54) is 12.1 Å². The normalized spacial score (nSPS) is 15.7. The van der Waals surface area contributed by atoms with Crippen LogP contribution in [-0.2, 0) is 19.4 Å². The summed E-state index contributed by atoms with van der Waals surface area (Å²) in [5, 5.41) is 0. The van der Waals surface area contributed by atoms with E-state index >= 15 is 0 Å². The number of aromatic nitrogens is 1. The smallest absolute Gasteiger partial charge is 0.338 e. The van der Waals surface area contributed by atoms with Gasteiger partial charge in [0.15, 0.2) is 0 Å². The fraction of sp³-hybridized carbons (Fsp3) is 0.161. The molecular formula is C31H28N2O5S2. The zero-order valence-electron chi connectivity index (χ0n) is 22.2. The van der Waals surface area contributed by atoms with Gasteiger partial charge in [0.2, 0.25) is 9.84 Å². The summed E-state index contributed by atoms with van der Waals surface area (Å²) in [5.74, 6) is -2.03. The van der Waals surface area contributed by atoms with E-state index in [9.17, 15) is 18.0 Å². The highest BCUT2D eigenvalue weighted by Gasteiger charge is 2.42. The van der Waals surface area contributed by atoms with Gasteiger partial charge in [-0.05, 0) is 50.1 Å². The van der Waals surface area contributed by atoms with Crippen molar-refractivity contribution in [1.29, 1.82) is 0 Å². The Balaban J connectivity index is 1.92. The second-order valence-electron chi connectivity index (χ2n) is 9.51. The number of nitrogens with zero attached hydrogens (tertiary/aromatic N) is 1. The molecule has 1 aliphatic rings. The van der Waals surface area contributed by atoms with E-state index in [1.807, 2.05) is 50.2 Å². The van der Waals surface area contributed by atoms with Crippen LogP contribution in [0.25, 0.3) is 17.5 Å². The largest absolute Gasteiger partial charge is 0.463 e. The highest BCUT2D eigenvalue weighted by atomic mass is 32.2. The summed E-state index contributed by atoms with van der Waals surface area (Å²) in [6, 6.07) is 22.7. The molecule has 2 heterocycles. The van der Waals surface area contributed by atoms with Crippen LogP contribution in [0.15, 0.2) is 93.5 Å². The number of allylic oxidation sites excluding steroid dienone is 1. The number of carbonyl (C=O) groups excluding carboxylic acids is 1. The third kappa shape index (κ3) is 4.82. The Labute approximate surface area is 236 Å². The molecule has 0 unspecified atom stereocenters. The van der Waals surface area contributed by atoms with Crippen LogP contribution in [0, 0.1) is 13.8 Å². The Bertz CT molecular complexity index is 1920. The van der Waals surface area contributed by atoms with E-state index in [-0.39, 0.29) is 32.5 Å². The number of carbonyl (C=O) groups is 1. The molecule has 0 saturated carbocycles. The van der Waals surface area contributed by atoms with Gasteiger partial charge < -0.3 is 10.5 Å². The lowest BCUT2D eigenvalue weighted by molar-refractivity contribution is -0.136. The molecule has 9 heteroatoms. The topological polar surface area (TPSA) is 108 Å². The average molecular weight is 573 g/mol. The monoisotopic (exact) mass is 572 g/mol. The van der Waals surface area contributed by atoms with Gasteiger partial charge in [-0.1, -0.05) is 77.9 Å². The van der Waals surface area contributed by atoms with Gasteiger partial charge in [-0.2, -0.15) is 0 Å². The minimum absolute atomic E-state index is 0.00596. The van der Waals surface area contributed by atoms with Crippen molar-refractivity contribution in [1.82, 2.24) is 4.57 Å². The second-order valence-corrected chi connectivity index (χ2v) is 12.5. The number of sulfone groups is 1. The molecule has 0 fully saturated rings. The van der Waals surface area contributed by atoms with Crippen molar-refractivity contribution >= 4 is 44.6 Å². The maximum atomic E-state index is 14.2.